The third-order valence-corrected chi connectivity index (χ3v) is 3.31. The molecule has 0 aliphatic heterocycles. The maximum Gasteiger partial charge on any atom is 0.417 e. The van der Waals surface area contributed by atoms with Gasteiger partial charge < -0.3 is 5.11 Å². The molecule has 1 nitrogen and oxygen atoms in total. The lowest BCUT2D eigenvalue weighted by Gasteiger charge is -2.32. The molecule has 1 N–H and O–H groups in total. The van der Waals surface area contributed by atoms with E-state index in [4.69, 9.17) is 0 Å². The Bertz CT molecular complexity index is 203. The molecule has 84 valence electrons. The Morgan fingerprint density at radius 3 is 2.21 bits per heavy atom. The topological polar surface area (TPSA) is 20.2 Å². The van der Waals surface area contributed by atoms with Gasteiger partial charge in [0, 0.05) is 5.25 Å². The van der Waals surface area contributed by atoms with Crippen molar-refractivity contribution in [3.63, 3.8) is 0 Å². The first-order chi connectivity index (χ1) is 6.31. The average molecular weight is 228 g/mol. The summed E-state index contributed by atoms with van der Waals surface area (Å²) in [6.07, 6.45) is -3.33. The number of thiol groups is 1. The molecule has 0 spiro atoms. The highest BCUT2D eigenvalue weighted by atomic mass is 32.1. The monoisotopic (exact) mass is 228 g/mol. The number of rotatable bonds is 4. The predicted octanol–water partition coefficient (Wildman–Crippen LogP) is 2.79. The summed E-state index contributed by atoms with van der Waals surface area (Å²) in [7, 11) is 0. The minimum absolute atomic E-state index is 0.291. The van der Waals surface area contributed by atoms with Crippen molar-refractivity contribution in [2.24, 2.45) is 5.92 Å². The predicted molar refractivity (Wildman–Crippen MR) is 51.4 cm³/mol. The summed E-state index contributed by atoms with van der Waals surface area (Å²) < 4.78 is 37.8. The van der Waals surface area contributed by atoms with Crippen molar-refractivity contribution >= 4 is 12.6 Å². The fraction of sp³-hybridized carbons (Fsp3) is 1.00. The number of hydrogen-bond donors (Lipinski definition) is 2. The van der Waals surface area contributed by atoms with Crippen LogP contribution in [0.4, 0.5) is 13.2 Å². The first-order valence-corrected chi connectivity index (χ1v) is 5.30. The minimum Gasteiger partial charge on any atom is -0.380 e. The van der Waals surface area contributed by atoms with Gasteiger partial charge in [0.2, 0.25) is 0 Å². The number of hydrogen-bond acceptors (Lipinski definition) is 2. The van der Waals surface area contributed by atoms with Crippen LogP contribution in [0.2, 0.25) is 0 Å². The van der Waals surface area contributed by atoms with Gasteiger partial charge in [-0.05, 0) is 31.6 Å². The summed E-state index contributed by atoms with van der Waals surface area (Å²) in [4.78, 5) is 0. The maximum absolute atomic E-state index is 12.6. The molecule has 1 unspecified atom stereocenters. The number of halogens is 3. The van der Waals surface area contributed by atoms with E-state index in [0.29, 0.717) is 19.3 Å². The molecular formula is C9H15F3OS. The summed E-state index contributed by atoms with van der Waals surface area (Å²) in [5.74, 6) is -0.608. The summed E-state index contributed by atoms with van der Waals surface area (Å²) in [5, 5.41) is 9.23. The molecule has 0 aromatic rings. The van der Waals surface area contributed by atoms with Gasteiger partial charge in [0.15, 0.2) is 5.60 Å². The van der Waals surface area contributed by atoms with Gasteiger partial charge in [0.25, 0.3) is 0 Å². The Morgan fingerprint density at radius 1 is 1.43 bits per heavy atom. The lowest BCUT2D eigenvalue weighted by atomic mass is 9.90. The molecule has 0 heterocycles. The zero-order valence-corrected chi connectivity index (χ0v) is 8.91. The molecular weight excluding hydrogens is 213 g/mol. The zero-order valence-electron chi connectivity index (χ0n) is 8.01. The van der Waals surface area contributed by atoms with Crippen LogP contribution in [0.3, 0.4) is 0 Å². The van der Waals surface area contributed by atoms with Crippen molar-refractivity contribution in [3.05, 3.63) is 0 Å². The highest BCUT2D eigenvalue weighted by Crippen LogP contribution is 2.51. The molecule has 0 amide bonds. The second-order valence-electron chi connectivity index (χ2n) is 3.96. The van der Waals surface area contributed by atoms with Crippen LogP contribution in [-0.2, 0) is 0 Å². The van der Waals surface area contributed by atoms with E-state index in [1.165, 1.54) is 0 Å². The lowest BCUT2D eigenvalue weighted by molar-refractivity contribution is -0.270. The Hall–Kier alpha value is 0.100. The largest absolute Gasteiger partial charge is 0.417 e. The van der Waals surface area contributed by atoms with Crippen LogP contribution in [-0.4, -0.2) is 22.1 Å². The van der Waals surface area contributed by atoms with Crippen LogP contribution in [0.1, 0.15) is 32.6 Å². The zero-order chi connectivity index (χ0) is 11.0. The molecule has 0 aromatic heterocycles. The Morgan fingerprint density at radius 2 is 1.93 bits per heavy atom. The fourth-order valence-corrected chi connectivity index (χ4v) is 1.86. The van der Waals surface area contributed by atoms with Gasteiger partial charge in [-0.3, -0.25) is 0 Å². The standard InChI is InChI=1S/C9H15F3OS/c1-2-7(14)5-8(13,6-3-4-6)9(10,11)12/h6-7,13-14H,2-5H2,1H3/t7-,8?/m0/s1. The van der Waals surface area contributed by atoms with E-state index in [1.807, 2.05) is 0 Å². The van der Waals surface area contributed by atoms with Crippen LogP contribution in [0.25, 0.3) is 0 Å². The molecule has 0 saturated heterocycles. The van der Waals surface area contributed by atoms with Crippen molar-refractivity contribution in [2.75, 3.05) is 0 Å². The van der Waals surface area contributed by atoms with E-state index in [0.717, 1.165) is 0 Å². The quantitative estimate of drug-likeness (QED) is 0.709. The van der Waals surface area contributed by atoms with Gasteiger partial charge in [-0.1, -0.05) is 6.92 Å². The van der Waals surface area contributed by atoms with Crippen molar-refractivity contribution in [1.82, 2.24) is 0 Å². The van der Waals surface area contributed by atoms with Gasteiger partial charge in [-0.25, -0.2) is 0 Å². The second-order valence-corrected chi connectivity index (χ2v) is 4.69. The van der Waals surface area contributed by atoms with E-state index in [-0.39, 0.29) is 11.7 Å². The van der Waals surface area contributed by atoms with Crippen LogP contribution in [0.5, 0.6) is 0 Å². The SMILES string of the molecule is CC[C@H](S)CC(O)(C1CC1)C(F)(F)F. The van der Waals surface area contributed by atoms with E-state index in [9.17, 15) is 18.3 Å². The molecule has 1 aliphatic rings. The Balaban J connectivity index is 2.71. The van der Waals surface area contributed by atoms with Gasteiger partial charge in [0.05, 0.1) is 0 Å². The van der Waals surface area contributed by atoms with E-state index in [1.54, 1.807) is 6.92 Å². The molecule has 1 rings (SSSR count). The van der Waals surface area contributed by atoms with Crippen LogP contribution >= 0.6 is 12.6 Å². The van der Waals surface area contributed by atoms with Gasteiger partial charge in [0.1, 0.15) is 0 Å². The molecule has 0 radical (unpaired) electrons. The second kappa shape index (κ2) is 3.93. The summed E-state index contributed by atoms with van der Waals surface area (Å²) in [6.45, 7) is 1.77. The van der Waals surface area contributed by atoms with Crippen LogP contribution in [0, 0.1) is 5.92 Å². The highest BCUT2D eigenvalue weighted by Gasteiger charge is 2.61. The third-order valence-electron chi connectivity index (χ3n) is 2.76. The summed E-state index contributed by atoms with van der Waals surface area (Å²) in [5.41, 5.74) is -2.50. The molecule has 0 bridgehead atoms. The molecule has 1 fully saturated rings. The normalized spacial score (nSPS) is 24.4. The van der Waals surface area contributed by atoms with Gasteiger partial charge in [-0.2, -0.15) is 25.8 Å². The van der Waals surface area contributed by atoms with Crippen LogP contribution < -0.4 is 0 Å². The van der Waals surface area contributed by atoms with Crippen molar-refractivity contribution in [2.45, 2.75) is 49.6 Å². The fourth-order valence-electron chi connectivity index (χ4n) is 1.58. The van der Waals surface area contributed by atoms with Gasteiger partial charge >= 0.3 is 6.18 Å². The van der Waals surface area contributed by atoms with E-state index >= 15 is 0 Å². The Kier molecular flexibility index (Phi) is 3.41. The molecule has 14 heavy (non-hydrogen) atoms. The number of alkyl halides is 3. The number of aliphatic hydroxyl groups is 1. The summed E-state index contributed by atoms with van der Waals surface area (Å²) in [6, 6.07) is 0. The minimum atomic E-state index is -4.52. The van der Waals surface area contributed by atoms with Crippen molar-refractivity contribution < 1.29 is 18.3 Å². The van der Waals surface area contributed by atoms with Crippen molar-refractivity contribution in [1.29, 1.82) is 0 Å². The molecule has 0 aromatic carbocycles. The van der Waals surface area contributed by atoms with E-state index < -0.39 is 17.7 Å². The maximum atomic E-state index is 12.6. The van der Waals surface area contributed by atoms with Gasteiger partial charge in [-0.15, -0.1) is 0 Å². The average Bonchev–Trinajstić information content (AvgIpc) is 2.84. The summed E-state index contributed by atoms with van der Waals surface area (Å²) >= 11 is 4.02. The van der Waals surface area contributed by atoms with E-state index in [2.05, 4.69) is 12.6 Å². The molecule has 5 heteroatoms. The molecule has 1 saturated carbocycles. The third kappa shape index (κ3) is 2.37. The first kappa shape index (κ1) is 12.2. The van der Waals surface area contributed by atoms with Crippen LogP contribution in [0.15, 0.2) is 0 Å². The highest BCUT2D eigenvalue weighted by molar-refractivity contribution is 7.80. The molecule has 2 atom stereocenters. The smallest absolute Gasteiger partial charge is 0.380 e. The lowest BCUT2D eigenvalue weighted by Crippen LogP contribution is -2.48. The first-order valence-electron chi connectivity index (χ1n) is 4.78. The van der Waals surface area contributed by atoms with Crippen molar-refractivity contribution in [3.8, 4) is 0 Å². The Labute approximate surface area is 87.1 Å². The molecule has 1 aliphatic carbocycles.